The second kappa shape index (κ2) is 4.73. The van der Waals surface area contributed by atoms with Crippen molar-refractivity contribution in [1.82, 2.24) is 4.90 Å². The molecule has 0 saturated carbocycles. The molecular weight excluding hydrogens is 122 g/mol. The third-order valence-corrected chi connectivity index (χ3v) is 2.10. The van der Waals surface area contributed by atoms with E-state index in [1.54, 1.807) is 0 Å². The minimum atomic E-state index is 0.824. The van der Waals surface area contributed by atoms with E-state index in [2.05, 4.69) is 25.8 Å². The van der Waals surface area contributed by atoms with Crippen LogP contribution in [-0.2, 0) is 0 Å². The molecule has 10 heavy (non-hydrogen) atoms. The summed E-state index contributed by atoms with van der Waals surface area (Å²) in [5.41, 5.74) is 0. The molecule has 1 heterocycles. The maximum absolute atomic E-state index is 2.42. The Hall–Kier alpha value is -0.0400. The average Bonchev–Trinajstić information content (AvgIpc) is 2.16. The van der Waals surface area contributed by atoms with E-state index in [-0.39, 0.29) is 0 Å². The van der Waals surface area contributed by atoms with Gasteiger partial charge in [-0.05, 0) is 26.3 Å². The first-order valence-electron chi connectivity index (χ1n) is 4.40. The molecule has 2 atom stereocenters. The predicted molar refractivity (Wildman–Crippen MR) is 47.2 cm³/mol. The summed E-state index contributed by atoms with van der Waals surface area (Å²) >= 11 is 0. The highest BCUT2D eigenvalue weighted by Gasteiger charge is 2.21. The van der Waals surface area contributed by atoms with Crippen LogP contribution in [0.2, 0.25) is 0 Å². The van der Waals surface area contributed by atoms with Crippen LogP contribution in [0.25, 0.3) is 0 Å². The molecule has 1 unspecified atom stereocenters. The largest absolute Gasteiger partial charge is 0.303 e. The van der Waals surface area contributed by atoms with Crippen molar-refractivity contribution in [3.63, 3.8) is 0 Å². The van der Waals surface area contributed by atoms with E-state index in [9.17, 15) is 0 Å². The number of hydrogen-bond acceptors (Lipinski definition) is 1. The van der Waals surface area contributed by atoms with Crippen LogP contribution in [0.1, 0.15) is 34.1 Å². The van der Waals surface area contributed by atoms with Crippen LogP contribution in [0.5, 0.6) is 0 Å². The zero-order valence-electron chi connectivity index (χ0n) is 8.02. The lowest BCUT2D eigenvalue weighted by atomic mass is 10.1. The van der Waals surface area contributed by atoms with Crippen LogP contribution < -0.4 is 0 Å². The molecule has 0 aromatic rings. The maximum Gasteiger partial charge on any atom is 0.00670 e. The molecule has 1 rings (SSSR count). The SMILES string of the molecule is CC.CC1C[C@@H](C)N(C)C1. The van der Waals surface area contributed by atoms with Crippen molar-refractivity contribution in [2.45, 2.75) is 40.2 Å². The molecular formula is C9H21N. The summed E-state index contributed by atoms with van der Waals surface area (Å²) in [7, 11) is 2.20. The number of nitrogens with zero attached hydrogens (tertiary/aromatic N) is 1. The van der Waals surface area contributed by atoms with Crippen molar-refractivity contribution in [3.05, 3.63) is 0 Å². The van der Waals surface area contributed by atoms with Crippen molar-refractivity contribution in [2.75, 3.05) is 13.6 Å². The van der Waals surface area contributed by atoms with Crippen LogP contribution in [0.3, 0.4) is 0 Å². The second-order valence-corrected chi connectivity index (χ2v) is 3.13. The highest BCUT2D eigenvalue weighted by atomic mass is 15.1. The van der Waals surface area contributed by atoms with Gasteiger partial charge in [-0.3, -0.25) is 0 Å². The summed E-state index contributed by atoms with van der Waals surface area (Å²) in [5.74, 6) is 0.926. The topological polar surface area (TPSA) is 3.24 Å². The Morgan fingerprint density at radius 2 is 1.70 bits per heavy atom. The van der Waals surface area contributed by atoms with Crippen molar-refractivity contribution in [2.24, 2.45) is 5.92 Å². The van der Waals surface area contributed by atoms with E-state index in [4.69, 9.17) is 0 Å². The molecule has 1 aliphatic heterocycles. The number of hydrogen-bond donors (Lipinski definition) is 0. The lowest BCUT2D eigenvalue weighted by Gasteiger charge is -2.12. The molecule has 0 amide bonds. The van der Waals surface area contributed by atoms with Crippen molar-refractivity contribution < 1.29 is 0 Å². The first-order chi connectivity index (χ1) is 4.70. The third-order valence-electron chi connectivity index (χ3n) is 2.10. The van der Waals surface area contributed by atoms with Crippen molar-refractivity contribution in [3.8, 4) is 0 Å². The van der Waals surface area contributed by atoms with Crippen LogP contribution in [0.15, 0.2) is 0 Å². The Balaban J connectivity index is 0.000000371. The average molecular weight is 143 g/mol. The molecule has 62 valence electrons. The van der Waals surface area contributed by atoms with Gasteiger partial charge in [-0.25, -0.2) is 0 Å². The summed E-state index contributed by atoms with van der Waals surface area (Å²) in [6.07, 6.45) is 1.39. The first-order valence-corrected chi connectivity index (χ1v) is 4.40. The van der Waals surface area contributed by atoms with Gasteiger partial charge in [0, 0.05) is 12.6 Å². The van der Waals surface area contributed by atoms with E-state index in [1.807, 2.05) is 13.8 Å². The van der Waals surface area contributed by atoms with Gasteiger partial charge in [-0.2, -0.15) is 0 Å². The summed E-state index contributed by atoms with van der Waals surface area (Å²) in [6, 6.07) is 0.824. The van der Waals surface area contributed by atoms with E-state index in [1.165, 1.54) is 13.0 Å². The highest BCUT2D eigenvalue weighted by molar-refractivity contribution is 4.76. The first kappa shape index (κ1) is 9.96. The van der Waals surface area contributed by atoms with Gasteiger partial charge in [0.25, 0.3) is 0 Å². The number of rotatable bonds is 0. The van der Waals surface area contributed by atoms with Gasteiger partial charge in [0.05, 0.1) is 0 Å². The fraction of sp³-hybridized carbons (Fsp3) is 1.00. The molecule has 1 nitrogen and oxygen atoms in total. The monoisotopic (exact) mass is 143 g/mol. The summed E-state index contributed by atoms with van der Waals surface area (Å²) in [5, 5.41) is 0. The zero-order valence-corrected chi connectivity index (χ0v) is 8.02. The van der Waals surface area contributed by atoms with Gasteiger partial charge in [-0.1, -0.05) is 20.8 Å². The van der Waals surface area contributed by atoms with Crippen molar-refractivity contribution >= 4 is 0 Å². The summed E-state index contributed by atoms with van der Waals surface area (Å²) in [6.45, 7) is 9.91. The van der Waals surface area contributed by atoms with Gasteiger partial charge >= 0.3 is 0 Å². The normalized spacial score (nSPS) is 33.3. The molecule has 1 fully saturated rings. The smallest absolute Gasteiger partial charge is 0.00670 e. The molecule has 0 aromatic heterocycles. The molecule has 1 heteroatoms. The van der Waals surface area contributed by atoms with Crippen molar-refractivity contribution in [1.29, 1.82) is 0 Å². The van der Waals surface area contributed by atoms with E-state index >= 15 is 0 Å². The van der Waals surface area contributed by atoms with E-state index in [0.29, 0.717) is 0 Å². The zero-order chi connectivity index (χ0) is 8.15. The third kappa shape index (κ3) is 2.70. The standard InChI is InChI=1S/C7H15N.C2H6/c1-6-4-7(2)8(3)5-6;1-2/h6-7H,4-5H2,1-3H3;1-2H3/t6?,7-;/m1./s1. The van der Waals surface area contributed by atoms with Gasteiger partial charge in [-0.15, -0.1) is 0 Å². The summed E-state index contributed by atoms with van der Waals surface area (Å²) < 4.78 is 0. The van der Waals surface area contributed by atoms with Gasteiger partial charge < -0.3 is 4.90 Å². The molecule has 1 saturated heterocycles. The highest BCUT2D eigenvalue weighted by Crippen LogP contribution is 2.19. The van der Waals surface area contributed by atoms with Crippen LogP contribution in [0, 0.1) is 5.92 Å². The van der Waals surface area contributed by atoms with Crippen LogP contribution in [0.4, 0.5) is 0 Å². The van der Waals surface area contributed by atoms with Crippen LogP contribution >= 0.6 is 0 Å². The quantitative estimate of drug-likeness (QED) is 0.503. The Bertz CT molecular complexity index is 70.8. The molecule has 0 aromatic carbocycles. The Kier molecular flexibility index (Phi) is 4.71. The fourth-order valence-corrected chi connectivity index (χ4v) is 1.51. The molecule has 0 radical (unpaired) electrons. The lowest BCUT2D eigenvalue weighted by Crippen LogP contribution is -2.21. The molecule has 0 bridgehead atoms. The van der Waals surface area contributed by atoms with Gasteiger partial charge in [0.2, 0.25) is 0 Å². The maximum atomic E-state index is 2.42. The predicted octanol–water partition coefficient (Wildman–Crippen LogP) is 2.37. The Morgan fingerprint density at radius 3 is 1.80 bits per heavy atom. The summed E-state index contributed by atoms with van der Waals surface area (Å²) in [4.78, 5) is 2.42. The Labute approximate surface area is 65.4 Å². The van der Waals surface area contributed by atoms with E-state index in [0.717, 1.165) is 12.0 Å². The van der Waals surface area contributed by atoms with Gasteiger partial charge in [0.1, 0.15) is 0 Å². The molecule has 0 spiro atoms. The minimum Gasteiger partial charge on any atom is -0.303 e. The molecule has 0 N–H and O–H groups in total. The molecule has 1 aliphatic rings. The lowest BCUT2D eigenvalue weighted by molar-refractivity contribution is 0.327. The fourth-order valence-electron chi connectivity index (χ4n) is 1.51. The number of likely N-dealkylation sites (tertiary alicyclic amines) is 1. The second-order valence-electron chi connectivity index (χ2n) is 3.13. The minimum absolute atomic E-state index is 0.824. The van der Waals surface area contributed by atoms with Gasteiger partial charge in [0.15, 0.2) is 0 Å². The van der Waals surface area contributed by atoms with Crippen LogP contribution in [-0.4, -0.2) is 24.5 Å². The molecule has 0 aliphatic carbocycles. The Morgan fingerprint density at radius 1 is 1.20 bits per heavy atom. The van der Waals surface area contributed by atoms with E-state index < -0.39 is 0 Å².